The molecule has 0 spiro atoms. The van der Waals surface area contributed by atoms with Gasteiger partial charge in [-0.2, -0.15) is 0 Å². The van der Waals surface area contributed by atoms with E-state index in [1.165, 1.54) is 0 Å². The zero-order valence-electron chi connectivity index (χ0n) is 18.8. The van der Waals surface area contributed by atoms with E-state index in [1.807, 2.05) is 73.8 Å². The van der Waals surface area contributed by atoms with E-state index in [2.05, 4.69) is 20.4 Å². The fourth-order valence-electron chi connectivity index (χ4n) is 3.71. The largest absolute Gasteiger partial charge is 0.352 e. The molecule has 0 fully saturated rings. The highest BCUT2D eigenvalue weighted by molar-refractivity contribution is 6.30. The predicted molar refractivity (Wildman–Crippen MR) is 124 cm³/mol. The van der Waals surface area contributed by atoms with Gasteiger partial charge in [0.05, 0.1) is 13.3 Å². The lowest BCUT2D eigenvalue weighted by Gasteiger charge is -2.21. The third-order valence-corrected chi connectivity index (χ3v) is 6.71. The minimum absolute atomic E-state index is 0.0902. The molecule has 32 heavy (non-hydrogen) atoms. The maximum atomic E-state index is 13.4. The van der Waals surface area contributed by atoms with Gasteiger partial charge in [0.25, 0.3) is 0 Å². The number of anilines is 2. The molecule has 2 aromatic rings. The Hall–Kier alpha value is -2.91. The zero-order valence-corrected chi connectivity index (χ0v) is 20.3. The second-order valence-electron chi connectivity index (χ2n) is 8.10. The third-order valence-electron chi connectivity index (χ3n) is 6.00. The zero-order chi connectivity index (χ0) is 23.3. The number of likely N-dealkylation sites (N-methyl/N-ethyl adjacent to an activating group) is 2. The van der Waals surface area contributed by atoms with Crippen molar-refractivity contribution in [3.8, 4) is 0 Å². The Morgan fingerprint density at radius 3 is 1.47 bits per heavy atom. The quantitative estimate of drug-likeness (QED) is 0.662. The van der Waals surface area contributed by atoms with Crippen LogP contribution in [-0.4, -0.2) is 63.4 Å². The molecule has 11 heteroatoms. The Kier molecular flexibility index (Phi) is 5.72. The molecule has 0 amide bonds. The second-order valence-corrected chi connectivity index (χ2v) is 8.82. The number of aromatic nitrogens is 4. The Bertz CT molecular complexity index is 1090. The van der Waals surface area contributed by atoms with Gasteiger partial charge in [-0.05, 0) is 49.9 Å². The lowest BCUT2D eigenvalue weighted by molar-refractivity contribution is -0.114. The summed E-state index contributed by atoms with van der Waals surface area (Å²) in [5.41, 5.74) is 4.73. The van der Waals surface area contributed by atoms with Crippen LogP contribution in [-0.2, 0) is 4.79 Å². The molecule has 2 aliphatic rings. The van der Waals surface area contributed by atoms with Crippen molar-refractivity contribution in [2.24, 2.45) is 0 Å². The number of hydrogen-bond donors (Lipinski definition) is 0. The number of halogens is 2. The van der Waals surface area contributed by atoms with Gasteiger partial charge in [-0.3, -0.25) is 4.79 Å². The molecule has 0 N–H and O–H groups in total. The smallest absolute Gasteiger partial charge is 0.228 e. The second kappa shape index (κ2) is 8.22. The molecule has 2 aromatic heterocycles. The van der Waals surface area contributed by atoms with Gasteiger partial charge < -0.3 is 19.6 Å². The van der Waals surface area contributed by atoms with E-state index in [0.29, 0.717) is 46.7 Å². The van der Waals surface area contributed by atoms with E-state index in [0.717, 1.165) is 22.3 Å². The number of hydrogen-bond acceptors (Lipinski definition) is 9. The van der Waals surface area contributed by atoms with Crippen molar-refractivity contribution in [3.63, 3.8) is 0 Å². The van der Waals surface area contributed by atoms with E-state index in [1.54, 1.807) is 0 Å². The number of nitrogens with zero attached hydrogens (tertiary/aromatic N) is 8. The van der Waals surface area contributed by atoms with E-state index in [4.69, 9.17) is 23.2 Å². The van der Waals surface area contributed by atoms with Crippen LogP contribution in [0.1, 0.15) is 22.3 Å². The van der Waals surface area contributed by atoms with Crippen LogP contribution in [0.25, 0.3) is 0 Å². The van der Waals surface area contributed by atoms with Gasteiger partial charge >= 0.3 is 0 Å². The van der Waals surface area contributed by atoms with Crippen molar-refractivity contribution in [1.82, 2.24) is 30.2 Å². The SMILES string of the molecule is Cc1c(Cl)nnc(N2C=C(C(=O)C3=CN(c4nnc(Cl)c(C)c4C)CN3C)N(C)C2)c1C. The van der Waals surface area contributed by atoms with Crippen LogP contribution in [0.3, 0.4) is 0 Å². The molecule has 0 atom stereocenters. The van der Waals surface area contributed by atoms with Crippen LogP contribution in [0.15, 0.2) is 23.8 Å². The summed E-state index contributed by atoms with van der Waals surface area (Å²) in [6.07, 6.45) is 3.61. The van der Waals surface area contributed by atoms with Crippen molar-refractivity contribution in [1.29, 1.82) is 0 Å². The molecule has 0 aliphatic carbocycles. The highest BCUT2D eigenvalue weighted by Gasteiger charge is 2.33. The standard InChI is InChI=1S/C21H24Cl2N8O/c1-11-13(3)20(26-24-18(11)22)30-7-15(28(5)9-30)17(32)16-8-31(10-29(16)6)21-14(4)12(2)19(23)25-27-21/h7-8H,9-10H2,1-6H3. The van der Waals surface area contributed by atoms with Gasteiger partial charge in [0, 0.05) is 26.5 Å². The fraction of sp³-hybridized carbons (Fsp3) is 0.381. The maximum absolute atomic E-state index is 13.4. The van der Waals surface area contributed by atoms with E-state index >= 15 is 0 Å². The van der Waals surface area contributed by atoms with E-state index < -0.39 is 0 Å². The van der Waals surface area contributed by atoms with Crippen LogP contribution in [0.5, 0.6) is 0 Å². The summed E-state index contributed by atoms with van der Waals surface area (Å²) in [7, 11) is 3.75. The molecule has 4 heterocycles. The van der Waals surface area contributed by atoms with Gasteiger partial charge in [-0.15, -0.1) is 20.4 Å². The van der Waals surface area contributed by atoms with Crippen molar-refractivity contribution >= 4 is 40.6 Å². The minimum atomic E-state index is -0.0902. The van der Waals surface area contributed by atoms with E-state index in [-0.39, 0.29) is 5.78 Å². The Balaban J connectivity index is 1.64. The summed E-state index contributed by atoms with van der Waals surface area (Å²) in [6.45, 7) is 8.67. The average molecular weight is 475 g/mol. The lowest BCUT2D eigenvalue weighted by atomic mass is 10.2. The molecule has 0 saturated carbocycles. The highest BCUT2D eigenvalue weighted by Crippen LogP contribution is 2.31. The summed E-state index contributed by atoms with van der Waals surface area (Å²) in [5.74, 6) is 1.27. The number of carbonyl (C=O) groups excluding carboxylic acids is 1. The van der Waals surface area contributed by atoms with Crippen molar-refractivity contribution in [2.75, 3.05) is 37.2 Å². The maximum Gasteiger partial charge on any atom is 0.228 e. The van der Waals surface area contributed by atoms with E-state index in [9.17, 15) is 4.79 Å². The summed E-state index contributed by atoms with van der Waals surface area (Å²) in [5, 5.41) is 17.3. The van der Waals surface area contributed by atoms with Crippen molar-refractivity contribution in [2.45, 2.75) is 27.7 Å². The van der Waals surface area contributed by atoms with Crippen molar-refractivity contribution in [3.05, 3.63) is 56.4 Å². The highest BCUT2D eigenvalue weighted by atomic mass is 35.5. The lowest BCUT2D eigenvalue weighted by Crippen LogP contribution is -2.30. The molecule has 0 unspecified atom stereocenters. The summed E-state index contributed by atoms with van der Waals surface area (Å²) >= 11 is 12.2. The number of Topliss-reactive ketones (excluding diaryl/α,β-unsaturated/α-hetero) is 1. The topological polar surface area (TPSA) is 81.6 Å². The number of ketones is 1. The van der Waals surface area contributed by atoms with Crippen LogP contribution in [0.4, 0.5) is 11.6 Å². The van der Waals surface area contributed by atoms with Gasteiger partial charge in [0.2, 0.25) is 5.78 Å². The van der Waals surface area contributed by atoms with Gasteiger partial charge in [0.15, 0.2) is 21.9 Å². The number of carbonyl (C=O) groups is 1. The first kappa shape index (κ1) is 22.3. The Morgan fingerprint density at radius 2 is 1.09 bits per heavy atom. The Labute approximate surface area is 196 Å². The fourth-order valence-corrected chi connectivity index (χ4v) is 4.07. The third kappa shape index (κ3) is 3.65. The molecule has 0 radical (unpaired) electrons. The molecule has 9 nitrogen and oxygen atoms in total. The Morgan fingerprint density at radius 1 is 0.719 bits per heavy atom. The predicted octanol–water partition coefficient (Wildman–Crippen LogP) is 3.18. The van der Waals surface area contributed by atoms with Gasteiger partial charge in [0.1, 0.15) is 11.4 Å². The minimum Gasteiger partial charge on any atom is -0.352 e. The van der Waals surface area contributed by atoms with Crippen LogP contribution >= 0.6 is 23.2 Å². The van der Waals surface area contributed by atoms with Crippen molar-refractivity contribution < 1.29 is 4.79 Å². The van der Waals surface area contributed by atoms with Crippen LogP contribution < -0.4 is 9.80 Å². The first-order valence-electron chi connectivity index (χ1n) is 10.0. The monoisotopic (exact) mass is 474 g/mol. The molecule has 168 valence electrons. The molecule has 0 saturated heterocycles. The molecule has 0 bridgehead atoms. The van der Waals surface area contributed by atoms with Gasteiger partial charge in [-0.25, -0.2) is 0 Å². The summed E-state index contributed by atoms with van der Waals surface area (Å²) < 4.78 is 0. The molecule has 4 rings (SSSR count). The average Bonchev–Trinajstić information content (AvgIpc) is 3.32. The molecule has 2 aliphatic heterocycles. The van der Waals surface area contributed by atoms with Gasteiger partial charge in [-0.1, -0.05) is 23.2 Å². The molecular weight excluding hydrogens is 451 g/mol. The first-order valence-corrected chi connectivity index (χ1v) is 10.8. The molecule has 0 aromatic carbocycles. The normalized spacial score (nSPS) is 16.1. The first-order chi connectivity index (χ1) is 15.1. The summed E-state index contributed by atoms with van der Waals surface area (Å²) in [6, 6.07) is 0. The van der Waals surface area contributed by atoms with Crippen LogP contribution in [0, 0.1) is 27.7 Å². The van der Waals surface area contributed by atoms with Crippen LogP contribution in [0.2, 0.25) is 10.3 Å². The number of rotatable bonds is 4. The summed E-state index contributed by atoms with van der Waals surface area (Å²) in [4.78, 5) is 21.0. The molecular formula is C21H24Cl2N8O.